The summed E-state index contributed by atoms with van der Waals surface area (Å²) in [7, 11) is 0. The summed E-state index contributed by atoms with van der Waals surface area (Å²) >= 11 is 0. The summed E-state index contributed by atoms with van der Waals surface area (Å²) in [6.45, 7) is 0. The first kappa shape index (κ1) is 14.7. The second-order valence-electron chi connectivity index (χ2n) is 6.71. The molecule has 4 aliphatic rings. The third-order valence-corrected chi connectivity index (χ3v) is 5.55. The highest BCUT2D eigenvalue weighted by Crippen LogP contribution is 2.59. The summed E-state index contributed by atoms with van der Waals surface area (Å²) in [5.74, 6) is -0.390. The monoisotopic (exact) mass is 304 g/mol. The van der Waals surface area contributed by atoms with Crippen molar-refractivity contribution in [3.63, 3.8) is 0 Å². The topological polar surface area (TPSA) is 58.2 Å². The van der Waals surface area contributed by atoms with Gasteiger partial charge in [-0.1, -0.05) is 0 Å². The number of carbonyl (C=O) groups excluding carboxylic acids is 2. The fraction of sp³-hybridized carbons (Fsp3) is 0.857. The molecule has 2 bridgehead atoms. The minimum absolute atomic E-state index is 0.0911. The average molecular weight is 304 g/mol. The summed E-state index contributed by atoms with van der Waals surface area (Å²) in [5.41, 5.74) is -2.04. The number of halogens is 3. The molecule has 0 spiro atoms. The molecule has 0 radical (unpaired) electrons. The fourth-order valence-electron chi connectivity index (χ4n) is 3.96. The van der Waals surface area contributed by atoms with Gasteiger partial charge in [-0.3, -0.25) is 9.59 Å². The molecule has 3 aliphatic carbocycles. The number of amides is 2. The van der Waals surface area contributed by atoms with Gasteiger partial charge in [-0.25, -0.2) is 0 Å². The maximum atomic E-state index is 13.2. The van der Waals surface area contributed by atoms with Crippen LogP contribution in [0.2, 0.25) is 0 Å². The van der Waals surface area contributed by atoms with Crippen LogP contribution in [0.3, 0.4) is 0 Å². The molecule has 1 saturated heterocycles. The van der Waals surface area contributed by atoms with Crippen LogP contribution in [0, 0.1) is 5.41 Å². The number of alkyl halides is 3. The van der Waals surface area contributed by atoms with Crippen LogP contribution in [0.4, 0.5) is 13.2 Å². The van der Waals surface area contributed by atoms with E-state index in [2.05, 4.69) is 10.6 Å². The molecule has 2 amide bonds. The van der Waals surface area contributed by atoms with Crippen molar-refractivity contribution in [2.45, 2.75) is 69.1 Å². The molecule has 7 heteroatoms. The second-order valence-corrected chi connectivity index (χ2v) is 6.71. The minimum Gasteiger partial charge on any atom is -0.349 e. The molecule has 2 N–H and O–H groups in total. The Morgan fingerprint density at radius 1 is 1.14 bits per heavy atom. The molecule has 4 rings (SSSR count). The van der Waals surface area contributed by atoms with Crippen molar-refractivity contribution in [2.75, 3.05) is 0 Å². The SMILES string of the molecule is O=C1CC[C@@H](C(=O)NC23CCC(C(F)(F)F)(CC2)CC3)N1. The van der Waals surface area contributed by atoms with Crippen LogP contribution in [0.15, 0.2) is 0 Å². The molecule has 118 valence electrons. The zero-order chi connectivity index (χ0) is 15.3. The summed E-state index contributed by atoms with van der Waals surface area (Å²) in [4.78, 5) is 23.3. The number of hydrogen-bond acceptors (Lipinski definition) is 2. The van der Waals surface area contributed by atoms with Crippen molar-refractivity contribution in [1.82, 2.24) is 10.6 Å². The van der Waals surface area contributed by atoms with E-state index in [-0.39, 0.29) is 31.1 Å². The van der Waals surface area contributed by atoms with Gasteiger partial charge in [0.15, 0.2) is 0 Å². The van der Waals surface area contributed by atoms with E-state index >= 15 is 0 Å². The van der Waals surface area contributed by atoms with Gasteiger partial charge >= 0.3 is 6.18 Å². The maximum Gasteiger partial charge on any atom is 0.394 e. The third-order valence-electron chi connectivity index (χ3n) is 5.55. The van der Waals surface area contributed by atoms with Gasteiger partial charge in [0.05, 0.1) is 5.41 Å². The van der Waals surface area contributed by atoms with Crippen molar-refractivity contribution >= 4 is 11.8 Å². The Morgan fingerprint density at radius 2 is 1.71 bits per heavy atom. The Labute approximate surface area is 120 Å². The highest BCUT2D eigenvalue weighted by Gasteiger charge is 2.61. The zero-order valence-corrected chi connectivity index (χ0v) is 11.7. The summed E-state index contributed by atoms with van der Waals surface area (Å²) < 4.78 is 39.5. The van der Waals surface area contributed by atoms with Gasteiger partial charge in [0.1, 0.15) is 6.04 Å². The Bertz CT molecular complexity index is 451. The normalized spacial score (nSPS) is 39.2. The molecule has 0 aromatic rings. The lowest BCUT2D eigenvalue weighted by atomic mass is 9.57. The Hall–Kier alpha value is -1.27. The fourth-order valence-corrected chi connectivity index (χ4v) is 3.96. The second kappa shape index (κ2) is 4.61. The molecule has 21 heavy (non-hydrogen) atoms. The smallest absolute Gasteiger partial charge is 0.349 e. The molecule has 1 aliphatic heterocycles. The number of nitrogens with one attached hydrogen (secondary N) is 2. The van der Waals surface area contributed by atoms with Gasteiger partial charge in [0.25, 0.3) is 0 Å². The van der Waals surface area contributed by atoms with E-state index in [0.717, 1.165) is 0 Å². The predicted octanol–water partition coefficient (Wildman–Crippen LogP) is 2.04. The van der Waals surface area contributed by atoms with Crippen molar-refractivity contribution in [2.24, 2.45) is 5.41 Å². The molecule has 0 aromatic heterocycles. The van der Waals surface area contributed by atoms with Crippen LogP contribution in [-0.2, 0) is 9.59 Å². The van der Waals surface area contributed by atoms with Crippen LogP contribution >= 0.6 is 0 Å². The molecule has 3 saturated carbocycles. The predicted molar refractivity (Wildman–Crippen MR) is 68.2 cm³/mol. The lowest BCUT2D eigenvalue weighted by Crippen LogP contribution is -2.61. The van der Waals surface area contributed by atoms with Gasteiger partial charge in [-0.15, -0.1) is 0 Å². The van der Waals surface area contributed by atoms with E-state index in [1.54, 1.807) is 0 Å². The first-order valence-corrected chi connectivity index (χ1v) is 7.44. The third kappa shape index (κ3) is 2.40. The van der Waals surface area contributed by atoms with E-state index in [4.69, 9.17) is 0 Å². The van der Waals surface area contributed by atoms with Crippen molar-refractivity contribution in [3.05, 3.63) is 0 Å². The zero-order valence-electron chi connectivity index (χ0n) is 11.7. The van der Waals surface area contributed by atoms with Crippen molar-refractivity contribution in [3.8, 4) is 0 Å². The average Bonchev–Trinajstić information content (AvgIpc) is 2.86. The Kier molecular flexibility index (Phi) is 3.22. The largest absolute Gasteiger partial charge is 0.394 e. The number of carbonyl (C=O) groups is 2. The van der Waals surface area contributed by atoms with Gasteiger partial charge in [-0.2, -0.15) is 13.2 Å². The molecule has 1 heterocycles. The molecule has 4 nitrogen and oxygen atoms in total. The van der Waals surface area contributed by atoms with Crippen molar-refractivity contribution < 1.29 is 22.8 Å². The van der Waals surface area contributed by atoms with Crippen LogP contribution in [0.1, 0.15) is 51.4 Å². The molecular formula is C14H19F3N2O2. The van der Waals surface area contributed by atoms with E-state index < -0.39 is 23.2 Å². The van der Waals surface area contributed by atoms with Crippen LogP contribution in [0.25, 0.3) is 0 Å². The Balaban J connectivity index is 1.64. The summed E-state index contributed by atoms with van der Waals surface area (Å²) in [5, 5.41) is 5.53. The summed E-state index contributed by atoms with van der Waals surface area (Å²) in [6.07, 6.45) is -1.95. The van der Waals surface area contributed by atoms with E-state index in [1.165, 1.54) is 0 Å². The highest BCUT2D eigenvalue weighted by molar-refractivity contribution is 5.91. The molecule has 0 aromatic carbocycles. The standard InChI is InChI=1S/C14H19F3N2O2/c15-14(16,17)12-3-6-13(7-4-12,8-5-12)19-11(21)9-1-2-10(20)18-9/h9H,1-8H2,(H,18,20)(H,19,21)/t9-,12?,13?/m0/s1. The number of rotatable bonds is 2. The highest BCUT2D eigenvalue weighted by atomic mass is 19.4. The molecule has 0 unspecified atom stereocenters. The van der Waals surface area contributed by atoms with Gasteiger partial charge in [0.2, 0.25) is 11.8 Å². The van der Waals surface area contributed by atoms with Crippen LogP contribution in [-0.4, -0.2) is 29.6 Å². The van der Waals surface area contributed by atoms with Crippen LogP contribution in [0.5, 0.6) is 0 Å². The van der Waals surface area contributed by atoms with Gasteiger partial charge in [-0.05, 0) is 44.9 Å². The van der Waals surface area contributed by atoms with E-state index in [0.29, 0.717) is 32.1 Å². The first-order chi connectivity index (χ1) is 9.75. The van der Waals surface area contributed by atoms with Crippen LogP contribution < -0.4 is 10.6 Å². The number of fused-ring (bicyclic) bond motifs is 3. The quantitative estimate of drug-likeness (QED) is 0.820. The van der Waals surface area contributed by atoms with E-state index in [1.807, 2.05) is 0 Å². The van der Waals surface area contributed by atoms with Crippen molar-refractivity contribution in [1.29, 1.82) is 0 Å². The molecular weight excluding hydrogens is 285 g/mol. The maximum absolute atomic E-state index is 13.2. The number of hydrogen-bond donors (Lipinski definition) is 2. The molecule has 4 fully saturated rings. The molecule has 1 atom stereocenters. The van der Waals surface area contributed by atoms with Gasteiger partial charge in [0, 0.05) is 12.0 Å². The Morgan fingerprint density at radius 3 is 2.14 bits per heavy atom. The lowest BCUT2D eigenvalue weighted by molar-refractivity contribution is -0.254. The lowest BCUT2D eigenvalue weighted by Gasteiger charge is -2.54. The van der Waals surface area contributed by atoms with E-state index in [9.17, 15) is 22.8 Å². The van der Waals surface area contributed by atoms with Gasteiger partial charge < -0.3 is 10.6 Å². The minimum atomic E-state index is -4.15. The summed E-state index contributed by atoms with van der Waals surface area (Å²) in [6, 6.07) is -0.525. The first-order valence-electron chi connectivity index (χ1n) is 7.44.